The van der Waals surface area contributed by atoms with Crippen molar-refractivity contribution in [1.29, 1.82) is 0 Å². The third-order valence-electron chi connectivity index (χ3n) is 5.27. The first-order valence-corrected chi connectivity index (χ1v) is 11.6. The van der Waals surface area contributed by atoms with Crippen molar-refractivity contribution in [2.75, 3.05) is 6.61 Å². The number of aryl methyl sites for hydroxylation is 2. The lowest BCUT2D eigenvalue weighted by atomic mass is 10.1. The van der Waals surface area contributed by atoms with E-state index in [1.165, 1.54) is 6.07 Å². The van der Waals surface area contributed by atoms with Gasteiger partial charge in [0, 0.05) is 28.4 Å². The first-order chi connectivity index (χ1) is 15.4. The highest BCUT2D eigenvalue weighted by atomic mass is 32.1. The van der Waals surface area contributed by atoms with Crippen LogP contribution in [0.1, 0.15) is 36.9 Å². The average Bonchev–Trinajstić information content (AvgIpc) is 3.19. The summed E-state index contributed by atoms with van der Waals surface area (Å²) in [6, 6.07) is 11.3. The molecule has 0 aliphatic carbocycles. The number of rotatable bonds is 7. The Morgan fingerprint density at radius 3 is 2.66 bits per heavy atom. The van der Waals surface area contributed by atoms with Crippen LogP contribution in [0.2, 0.25) is 0 Å². The smallest absolute Gasteiger partial charge is 0.262 e. The molecule has 3 heterocycles. The minimum Gasteiger partial charge on any atom is -0.488 e. The lowest BCUT2D eigenvalue weighted by molar-refractivity contribution is 0.267. The number of thiophene rings is 1. The zero-order valence-corrected chi connectivity index (χ0v) is 19.6. The Hall–Kier alpha value is -3.19. The number of aromatic amines is 1. The third-order valence-corrected chi connectivity index (χ3v) is 6.45. The summed E-state index contributed by atoms with van der Waals surface area (Å²) in [5.41, 5.74) is 2.24. The molecule has 32 heavy (non-hydrogen) atoms. The van der Waals surface area contributed by atoms with E-state index in [4.69, 9.17) is 9.72 Å². The Labute approximate surface area is 190 Å². The molecule has 7 heteroatoms. The summed E-state index contributed by atoms with van der Waals surface area (Å²) in [5, 5.41) is 0.614. The minimum absolute atomic E-state index is 0.106. The largest absolute Gasteiger partial charge is 0.488 e. The zero-order chi connectivity index (χ0) is 22.8. The summed E-state index contributed by atoms with van der Waals surface area (Å²) in [5.74, 6) is 1.21. The second-order valence-corrected chi connectivity index (χ2v) is 9.43. The molecule has 0 bridgehead atoms. The molecule has 1 aromatic carbocycles. The zero-order valence-electron chi connectivity index (χ0n) is 18.8. The van der Waals surface area contributed by atoms with Gasteiger partial charge in [0.1, 0.15) is 10.7 Å². The molecule has 3 aromatic heterocycles. The van der Waals surface area contributed by atoms with E-state index in [2.05, 4.69) is 11.9 Å². The van der Waals surface area contributed by atoms with Crippen molar-refractivity contribution in [1.82, 2.24) is 14.5 Å². The van der Waals surface area contributed by atoms with E-state index in [0.29, 0.717) is 29.4 Å². The maximum atomic E-state index is 13.5. The van der Waals surface area contributed by atoms with Crippen LogP contribution in [0.15, 0.2) is 52.2 Å². The Balaban J connectivity index is 1.82. The van der Waals surface area contributed by atoms with Crippen LogP contribution >= 0.6 is 11.3 Å². The van der Waals surface area contributed by atoms with Crippen LogP contribution in [-0.2, 0) is 13.0 Å². The van der Waals surface area contributed by atoms with Gasteiger partial charge in [0.15, 0.2) is 5.75 Å². The van der Waals surface area contributed by atoms with E-state index < -0.39 is 0 Å². The van der Waals surface area contributed by atoms with Crippen molar-refractivity contribution in [3.8, 4) is 17.1 Å². The summed E-state index contributed by atoms with van der Waals surface area (Å²) in [4.78, 5) is 35.9. The van der Waals surface area contributed by atoms with Crippen molar-refractivity contribution in [3.63, 3.8) is 0 Å². The number of ether oxygens (including phenoxy) is 1. The van der Waals surface area contributed by atoms with Gasteiger partial charge in [-0.05, 0) is 30.9 Å². The van der Waals surface area contributed by atoms with Crippen molar-refractivity contribution in [2.24, 2.45) is 5.92 Å². The quantitative estimate of drug-likeness (QED) is 0.441. The molecule has 166 valence electrons. The monoisotopic (exact) mass is 449 g/mol. The standard InChI is InChI=1S/C25H27N3O3S/c1-5-18-11-20-24(32-18)27-23(19-9-7-6-8-16(19)4)28(25(20)30)13-17-10-21(29)22(12-26-17)31-14-15(2)3/h6-12,15H,5,13-14H2,1-4H3,(H,26,29). The molecule has 0 saturated carbocycles. The second kappa shape index (κ2) is 9.12. The number of H-pyrrole nitrogens is 1. The van der Waals surface area contributed by atoms with E-state index in [1.807, 2.05) is 51.1 Å². The number of hydrogen-bond donors (Lipinski definition) is 1. The van der Waals surface area contributed by atoms with Crippen LogP contribution in [0.25, 0.3) is 21.6 Å². The molecule has 0 amide bonds. The molecule has 0 unspecified atom stereocenters. The maximum Gasteiger partial charge on any atom is 0.262 e. The van der Waals surface area contributed by atoms with E-state index in [-0.39, 0.29) is 23.3 Å². The van der Waals surface area contributed by atoms with Crippen LogP contribution in [0.4, 0.5) is 0 Å². The molecule has 4 aromatic rings. The molecule has 0 aliphatic rings. The summed E-state index contributed by atoms with van der Waals surface area (Å²) in [7, 11) is 0. The molecule has 0 atom stereocenters. The van der Waals surface area contributed by atoms with Crippen LogP contribution in [0.3, 0.4) is 0 Å². The van der Waals surface area contributed by atoms with Gasteiger partial charge in [-0.1, -0.05) is 45.0 Å². The second-order valence-electron chi connectivity index (χ2n) is 8.32. The number of benzene rings is 1. The number of nitrogens with zero attached hydrogens (tertiary/aromatic N) is 2. The molecule has 0 radical (unpaired) electrons. The number of pyridine rings is 1. The molecule has 0 aliphatic heterocycles. The first-order valence-electron chi connectivity index (χ1n) is 10.8. The lowest BCUT2D eigenvalue weighted by Crippen LogP contribution is -2.25. The van der Waals surface area contributed by atoms with Gasteiger partial charge in [0.05, 0.1) is 18.5 Å². The highest BCUT2D eigenvalue weighted by Gasteiger charge is 2.17. The Morgan fingerprint density at radius 1 is 1.19 bits per heavy atom. The molecular formula is C25H27N3O3S. The van der Waals surface area contributed by atoms with Crippen molar-refractivity contribution in [3.05, 3.63) is 79.3 Å². The summed E-state index contributed by atoms with van der Waals surface area (Å²) < 4.78 is 7.23. The van der Waals surface area contributed by atoms with Gasteiger partial charge >= 0.3 is 0 Å². The minimum atomic E-state index is -0.206. The van der Waals surface area contributed by atoms with E-state index in [0.717, 1.165) is 27.3 Å². The number of nitrogens with one attached hydrogen (secondary N) is 1. The average molecular weight is 450 g/mol. The van der Waals surface area contributed by atoms with Gasteiger partial charge in [-0.15, -0.1) is 11.3 Å². The Bertz CT molecular complexity index is 1380. The normalized spacial score (nSPS) is 11.4. The van der Waals surface area contributed by atoms with E-state index in [9.17, 15) is 9.59 Å². The highest BCUT2D eigenvalue weighted by Crippen LogP contribution is 2.27. The Morgan fingerprint density at radius 2 is 1.97 bits per heavy atom. The van der Waals surface area contributed by atoms with Gasteiger partial charge in [-0.2, -0.15) is 0 Å². The number of fused-ring (bicyclic) bond motifs is 1. The Kier molecular flexibility index (Phi) is 6.28. The molecule has 0 fully saturated rings. The topological polar surface area (TPSA) is 77.0 Å². The number of aromatic nitrogens is 3. The van der Waals surface area contributed by atoms with Crippen molar-refractivity contribution >= 4 is 21.6 Å². The summed E-state index contributed by atoms with van der Waals surface area (Å²) >= 11 is 1.55. The fourth-order valence-electron chi connectivity index (χ4n) is 3.55. The molecule has 6 nitrogen and oxygen atoms in total. The SMILES string of the molecule is CCc1cc2c(=O)n(Cc3cc(=O)c(OCC(C)C)c[nH]3)c(-c3ccccc3C)nc2s1. The molecule has 0 spiro atoms. The van der Waals surface area contributed by atoms with Crippen LogP contribution < -0.4 is 15.7 Å². The lowest BCUT2D eigenvalue weighted by Gasteiger charge is -2.15. The predicted octanol–water partition coefficient (Wildman–Crippen LogP) is 4.77. The van der Waals surface area contributed by atoms with Gasteiger partial charge in [-0.25, -0.2) is 4.98 Å². The molecule has 4 rings (SSSR count). The molecular weight excluding hydrogens is 422 g/mol. The van der Waals surface area contributed by atoms with Gasteiger partial charge in [-0.3, -0.25) is 14.2 Å². The van der Waals surface area contributed by atoms with Crippen LogP contribution in [0.5, 0.6) is 5.75 Å². The van der Waals surface area contributed by atoms with E-state index in [1.54, 1.807) is 22.1 Å². The van der Waals surface area contributed by atoms with Gasteiger partial charge in [0.2, 0.25) is 5.43 Å². The fourth-order valence-corrected chi connectivity index (χ4v) is 4.51. The molecule has 1 N–H and O–H groups in total. The van der Waals surface area contributed by atoms with Crippen molar-refractivity contribution < 1.29 is 4.74 Å². The van der Waals surface area contributed by atoms with Crippen LogP contribution in [-0.4, -0.2) is 21.1 Å². The van der Waals surface area contributed by atoms with Gasteiger partial charge < -0.3 is 9.72 Å². The maximum absolute atomic E-state index is 13.5. The third kappa shape index (κ3) is 4.39. The summed E-state index contributed by atoms with van der Waals surface area (Å²) in [6.07, 6.45) is 2.43. The first kappa shape index (κ1) is 22.0. The summed E-state index contributed by atoms with van der Waals surface area (Å²) in [6.45, 7) is 8.81. The number of hydrogen-bond acceptors (Lipinski definition) is 5. The molecule has 0 saturated heterocycles. The highest BCUT2D eigenvalue weighted by molar-refractivity contribution is 7.18. The fraction of sp³-hybridized carbons (Fsp3) is 0.320. The van der Waals surface area contributed by atoms with Crippen molar-refractivity contribution in [2.45, 2.75) is 40.7 Å². The predicted molar refractivity (Wildman–Crippen MR) is 130 cm³/mol. The van der Waals surface area contributed by atoms with E-state index >= 15 is 0 Å². The van der Waals surface area contributed by atoms with Crippen LogP contribution in [0, 0.1) is 12.8 Å². The van der Waals surface area contributed by atoms with Gasteiger partial charge in [0.25, 0.3) is 5.56 Å².